The van der Waals surface area contributed by atoms with Gasteiger partial charge in [0, 0.05) is 36.9 Å². The van der Waals surface area contributed by atoms with Crippen LogP contribution in [-0.4, -0.2) is 46.3 Å². The lowest BCUT2D eigenvalue weighted by Gasteiger charge is -2.37. The maximum absolute atomic E-state index is 6.21. The number of piperazine rings is 1. The van der Waals surface area contributed by atoms with Gasteiger partial charge in [-0.3, -0.25) is 5.10 Å². The normalized spacial score (nSPS) is 15.1. The van der Waals surface area contributed by atoms with Crippen LogP contribution >= 0.6 is 11.6 Å². The van der Waals surface area contributed by atoms with E-state index in [1.165, 1.54) is 11.3 Å². The molecular weight excluding hydrogens is 360 g/mol. The maximum atomic E-state index is 6.21. The highest BCUT2D eigenvalue weighted by Gasteiger charge is 2.23. The number of aromatic amines is 1. The van der Waals surface area contributed by atoms with Crippen molar-refractivity contribution in [2.75, 3.05) is 36.0 Å². The Kier molecular flexibility index (Phi) is 4.91. The van der Waals surface area contributed by atoms with Crippen LogP contribution in [0.15, 0.2) is 24.5 Å². The van der Waals surface area contributed by atoms with Gasteiger partial charge in [0.15, 0.2) is 5.65 Å². The van der Waals surface area contributed by atoms with Gasteiger partial charge in [0.2, 0.25) is 0 Å². The van der Waals surface area contributed by atoms with Gasteiger partial charge in [0.1, 0.15) is 12.1 Å². The fourth-order valence-electron chi connectivity index (χ4n) is 3.76. The van der Waals surface area contributed by atoms with Crippen LogP contribution in [0.25, 0.3) is 11.0 Å². The van der Waals surface area contributed by atoms with Gasteiger partial charge >= 0.3 is 0 Å². The molecule has 0 atom stereocenters. The van der Waals surface area contributed by atoms with E-state index in [-0.39, 0.29) is 0 Å². The van der Waals surface area contributed by atoms with E-state index >= 15 is 0 Å². The zero-order chi connectivity index (χ0) is 19.0. The minimum Gasteiger partial charge on any atom is -0.368 e. The third-order valence-electron chi connectivity index (χ3n) is 5.11. The van der Waals surface area contributed by atoms with Gasteiger partial charge in [0.05, 0.1) is 11.1 Å². The van der Waals surface area contributed by atoms with E-state index in [2.05, 4.69) is 62.9 Å². The van der Waals surface area contributed by atoms with E-state index in [4.69, 9.17) is 11.6 Å². The molecule has 0 spiro atoms. The molecule has 142 valence electrons. The van der Waals surface area contributed by atoms with Gasteiger partial charge in [0.25, 0.3) is 0 Å². The first kappa shape index (κ1) is 18.0. The molecule has 0 amide bonds. The second-order valence-corrected chi connectivity index (χ2v) is 8.03. The number of anilines is 2. The molecule has 3 heterocycles. The van der Waals surface area contributed by atoms with Crippen molar-refractivity contribution in [3.63, 3.8) is 0 Å². The van der Waals surface area contributed by atoms with Crippen LogP contribution in [0.5, 0.6) is 0 Å². The van der Waals surface area contributed by atoms with Crippen molar-refractivity contribution in [1.82, 2.24) is 20.2 Å². The average molecular weight is 385 g/mol. The number of halogens is 1. The number of aromatic nitrogens is 4. The Labute approximate surface area is 164 Å². The van der Waals surface area contributed by atoms with Crippen LogP contribution in [0, 0.1) is 12.8 Å². The molecule has 1 saturated heterocycles. The SMILES string of the molecule is Cc1ccc(Cl)cc1N1CCN(c2ncnc3[nH]nc(CC(C)C)c23)CC1. The molecule has 4 rings (SSSR count). The lowest BCUT2D eigenvalue weighted by Crippen LogP contribution is -2.47. The molecule has 0 radical (unpaired) electrons. The number of hydrogen-bond donors (Lipinski definition) is 1. The van der Waals surface area contributed by atoms with Crippen molar-refractivity contribution < 1.29 is 0 Å². The van der Waals surface area contributed by atoms with Crippen LogP contribution in [0.3, 0.4) is 0 Å². The Hall–Kier alpha value is -2.34. The van der Waals surface area contributed by atoms with Gasteiger partial charge in [-0.05, 0) is 37.0 Å². The van der Waals surface area contributed by atoms with E-state index in [1.807, 2.05) is 6.07 Å². The predicted molar refractivity (Wildman–Crippen MR) is 111 cm³/mol. The Morgan fingerprint density at radius 3 is 2.59 bits per heavy atom. The molecule has 0 bridgehead atoms. The smallest absolute Gasteiger partial charge is 0.160 e. The van der Waals surface area contributed by atoms with E-state index in [1.54, 1.807) is 6.33 Å². The summed E-state index contributed by atoms with van der Waals surface area (Å²) in [4.78, 5) is 13.7. The highest BCUT2D eigenvalue weighted by molar-refractivity contribution is 6.30. The number of hydrogen-bond acceptors (Lipinski definition) is 5. The highest BCUT2D eigenvalue weighted by atomic mass is 35.5. The van der Waals surface area contributed by atoms with Gasteiger partial charge in [-0.1, -0.05) is 31.5 Å². The number of fused-ring (bicyclic) bond motifs is 1. The van der Waals surface area contributed by atoms with Crippen molar-refractivity contribution >= 4 is 34.1 Å². The second-order valence-electron chi connectivity index (χ2n) is 7.59. The standard InChI is InChI=1S/C20H25ClN6/c1-13(2)10-16-18-19(25-24-16)22-12-23-20(18)27-8-6-26(7-9-27)17-11-15(21)5-4-14(17)3/h4-5,11-13H,6-10H2,1-3H3,(H,22,23,24,25). The van der Waals surface area contributed by atoms with Crippen molar-refractivity contribution in [3.05, 3.63) is 40.8 Å². The first-order chi connectivity index (χ1) is 13.0. The Morgan fingerprint density at radius 2 is 1.85 bits per heavy atom. The third kappa shape index (κ3) is 3.58. The van der Waals surface area contributed by atoms with Crippen molar-refractivity contribution in [1.29, 1.82) is 0 Å². The largest absolute Gasteiger partial charge is 0.368 e. The van der Waals surface area contributed by atoms with E-state index < -0.39 is 0 Å². The van der Waals surface area contributed by atoms with Crippen LogP contribution in [0.1, 0.15) is 25.1 Å². The minimum absolute atomic E-state index is 0.534. The molecule has 6 nitrogen and oxygen atoms in total. The molecule has 0 aliphatic carbocycles. The lowest BCUT2D eigenvalue weighted by atomic mass is 10.1. The van der Waals surface area contributed by atoms with Crippen LogP contribution in [-0.2, 0) is 6.42 Å². The fraction of sp³-hybridized carbons (Fsp3) is 0.450. The average Bonchev–Trinajstić information content (AvgIpc) is 3.06. The van der Waals surface area contributed by atoms with Gasteiger partial charge in [-0.15, -0.1) is 0 Å². The van der Waals surface area contributed by atoms with Crippen LogP contribution < -0.4 is 9.80 Å². The molecule has 3 aromatic rings. The summed E-state index contributed by atoms with van der Waals surface area (Å²) in [5.41, 5.74) is 4.36. The topological polar surface area (TPSA) is 60.9 Å². The first-order valence-corrected chi connectivity index (χ1v) is 9.84. The number of H-pyrrole nitrogens is 1. The summed E-state index contributed by atoms with van der Waals surface area (Å²) < 4.78 is 0. The molecule has 7 heteroatoms. The number of benzene rings is 1. The monoisotopic (exact) mass is 384 g/mol. The van der Waals surface area contributed by atoms with Crippen LogP contribution in [0.2, 0.25) is 5.02 Å². The molecule has 27 heavy (non-hydrogen) atoms. The van der Waals surface area contributed by atoms with Gasteiger partial charge < -0.3 is 9.80 Å². The zero-order valence-corrected chi connectivity index (χ0v) is 16.8. The van der Waals surface area contributed by atoms with Gasteiger partial charge in [-0.25, -0.2) is 9.97 Å². The second kappa shape index (κ2) is 7.35. The Morgan fingerprint density at radius 1 is 1.11 bits per heavy atom. The first-order valence-electron chi connectivity index (χ1n) is 9.47. The summed E-state index contributed by atoms with van der Waals surface area (Å²) in [7, 11) is 0. The Bertz CT molecular complexity index is 943. The Balaban J connectivity index is 1.58. The molecule has 0 unspecified atom stereocenters. The summed E-state index contributed by atoms with van der Waals surface area (Å²) in [6.07, 6.45) is 2.55. The lowest BCUT2D eigenvalue weighted by molar-refractivity contribution is 0.634. The molecule has 1 aliphatic rings. The quantitative estimate of drug-likeness (QED) is 0.740. The van der Waals surface area contributed by atoms with Crippen molar-refractivity contribution in [3.8, 4) is 0 Å². The maximum Gasteiger partial charge on any atom is 0.160 e. The number of nitrogens with zero attached hydrogens (tertiary/aromatic N) is 5. The summed E-state index contributed by atoms with van der Waals surface area (Å²) in [6.45, 7) is 10.2. The molecule has 1 aliphatic heterocycles. The molecular formula is C20H25ClN6. The fourth-order valence-corrected chi connectivity index (χ4v) is 3.93. The van der Waals surface area contributed by atoms with Crippen molar-refractivity contribution in [2.24, 2.45) is 5.92 Å². The van der Waals surface area contributed by atoms with Crippen molar-refractivity contribution in [2.45, 2.75) is 27.2 Å². The third-order valence-corrected chi connectivity index (χ3v) is 5.34. The number of aryl methyl sites for hydroxylation is 1. The van der Waals surface area contributed by atoms with E-state index in [0.29, 0.717) is 5.92 Å². The van der Waals surface area contributed by atoms with Gasteiger partial charge in [-0.2, -0.15) is 5.10 Å². The predicted octanol–water partition coefficient (Wildman–Crippen LogP) is 3.84. The van der Waals surface area contributed by atoms with E-state index in [9.17, 15) is 0 Å². The molecule has 1 N–H and O–H groups in total. The molecule has 2 aromatic heterocycles. The summed E-state index contributed by atoms with van der Waals surface area (Å²) >= 11 is 6.21. The number of rotatable bonds is 4. The molecule has 0 saturated carbocycles. The minimum atomic E-state index is 0.534. The zero-order valence-electron chi connectivity index (χ0n) is 16.0. The van der Waals surface area contributed by atoms with E-state index in [0.717, 1.165) is 60.2 Å². The van der Waals surface area contributed by atoms with Crippen LogP contribution in [0.4, 0.5) is 11.5 Å². The summed E-state index contributed by atoms with van der Waals surface area (Å²) in [6, 6.07) is 6.09. The number of nitrogens with one attached hydrogen (secondary N) is 1. The highest BCUT2D eigenvalue weighted by Crippen LogP contribution is 2.29. The summed E-state index contributed by atoms with van der Waals surface area (Å²) in [5, 5.41) is 9.42. The molecule has 1 aromatic carbocycles. The summed E-state index contributed by atoms with van der Waals surface area (Å²) in [5.74, 6) is 1.53. The molecule has 1 fully saturated rings.